The Morgan fingerprint density at radius 1 is 0.207 bits per heavy atom. The maximum atomic E-state index is 13.8. The van der Waals surface area contributed by atoms with E-state index in [4.69, 9.17) is 0 Å². The maximum Gasteiger partial charge on any atom is 0.416 e. The van der Waals surface area contributed by atoms with Gasteiger partial charge in [0.2, 0.25) is 0 Å². The van der Waals surface area contributed by atoms with Crippen molar-refractivity contribution in [3.8, 4) is 0 Å². The maximum absolute atomic E-state index is 13.8. The summed E-state index contributed by atoms with van der Waals surface area (Å²) in [7, 11) is 0. The molecule has 6 aromatic carbocycles. The highest BCUT2D eigenvalue weighted by molar-refractivity contribution is 5.81. The van der Waals surface area contributed by atoms with Gasteiger partial charge in [-0.3, -0.25) is 0 Å². The Labute approximate surface area is 443 Å². The lowest BCUT2D eigenvalue weighted by atomic mass is 9.77. The Kier molecular flexibility index (Phi) is 16.8. The minimum atomic E-state index is -6.91. The van der Waals surface area contributed by atoms with Crippen molar-refractivity contribution in [2.45, 2.75) is 71.8 Å². The van der Waals surface area contributed by atoms with E-state index in [1.165, 1.54) is 77.7 Å². The molecule has 0 aliphatic carbocycles. The van der Waals surface area contributed by atoms with Crippen molar-refractivity contribution < 1.29 is 119 Å². The molecule has 0 atom stereocenters. The van der Waals surface area contributed by atoms with Crippen LogP contribution in [0.15, 0.2) is 146 Å². The summed E-state index contributed by atoms with van der Waals surface area (Å²) in [5.41, 5.74) is -26.2. The quantitative estimate of drug-likeness (QED) is 0.0872. The number of hydrogen-bond acceptors (Lipinski definition) is 1. The first kappa shape index (κ1) is 63.6. The first-order valence-electron chi connectivity index (χ1n) is 22.4. The topological polar surface area (TPSA) is 3.24 Å². The zero-order chi connectivity index (χ0) is 61.7. The predicted octanol–water partition coefficient (Wildman–Crippen LogP) is 20.4. The van der Waals surface area contributed by atoms with Gasteiger partial charge < -0.3 is 4.90 Å². The molecule has 0 radical (unpaired) electrons. The molecule has 0 saturated carbocycles. The average Bonchev–Trinajstić information content (AvgIpc) is 1.38. The number of nitrogens with zero attached hydrogens (tertiary/aromatic N) is 1. The lowest BCUT2D eigenvalue weighted by Crippen LogP contribution is -2.63. The van der Waals surface area contributed by atoms with Gasteiger partial charge in [-0.1, -0.05) is 146 Å². The standard InChI is InChI=1S/C54H30F27N/c55-46(56,57)43(47(58,59)60,48(61,62)63)37-7-1-4-34(28-37)13-10-31-16-22-40(23-17-31)82(41-24-18-32(19-25-41)11-14-35-5-2-8-38(29-35)44(49(64,65)66,50(67,68)69)51(70,71)72)42-26-20-33(21-27-42)12-15-36-6-3-9-39(30-36)45(52(73,74)75,53(76,77)78)54(79,80)81/h1-30H. The monoisotopic (exact) mass is 1210 g/mol. The summed E-state index contributed by atoms with van der Waals surface area (Å²) in [5.74, 6) is 0. The van der Waals surface area contributed by atoms with Crippen LogP contribution in [0.25, 0.3) is 36.5 Å². The Hall–Kier alpha value is -7.55. The van der Waals surface area contributed by atoms with E-state index >= 15 is 0 Å². The number of alkyl halides is 27. The smallest absolute Gasteiger partial charge is 0.311 e. The third-order valence-corrected chi connectivity index (χ3v) is 12.6. The number of hydrogen-bond donors (Lipinski definition) is 0. The van der Waals surface area contributed by atoms with Gasteiger partial charge in [0.15, 0.2) is 0 Å². The molecular weight excluding hydrogens is 1180 g/mol. The molecule has 0 N–H and O–H groups in total. The van der Waals surface area contributed by atoms with Crippen LogP contribution < -0.4 is 4.90 Å². The summed E-state index contributed by atoms with van der Waals surface area (Å²) in [5, 5.41) is 0. The van der Waals surface area contributed by atoms with Crippen LogP contribution in [0, 0.1) is 0 Å². The molecule has 6 aromatic rings. The molecule has 6 rings (SSSR count). The molecule has 0 spiro atoms. The van der Waals surface area contributed by atoms with E-state index in [0.29, 0.717) is 18.2 Å². The van der Waals surface area contributed by atoms with Gasteiger partial charge in [-0.25, -0.2) is 0 Å². The van der Waals surface area contributed by atoms with Crippen molar-refractivity contribution in [3.63, 3.8) is 0 Å². The summed E-state index contributed by atoms with van der Waals surface area (Å²) < 4.78 is 374. The van der Waals surface area contributed by atoms with E-state index in [-0.39, 0.29) is 70.2 Å². The third kappa shape index (κ3) is 11.6. The largest absolute Gasteiger partial charge is 0.416 e. The van der Waals surface area contributed by atoms with Gasteiger partial charge in [0.1, 0.15) is 0 Å². The molecule has 1 nitrogen and oxygen atoms in total. The fraction of sp³-hybridized carbons (Fsp3) is 0.222. The van der Waals surface area contributed by atoms with Crippen molar-refractivity contribution in [1.82, 2.24) is 0 Å². The van der Waals surface area contributed by atoms with E-state index in [1.54, 1.807) is 0 Å². The van der Waals surface area contributed by atoms with Crippen molar-refractivity contribution in [2.24, 2.45) is 0 Å². The molecule has 0 amide bonds. The molecule has 0 aliphatic heterocycles. The highest BCUT2D eigenvalue weighted by atomic mass is 19.5. The van der Waals surface area contributed by atoms with Gasteiger partial charge >= 0.3 is 55.6 Å². The minimum Gasteiger partial charge on any atom is -0.311 e. The fourth-order valence-electron chi connectivity index (χ4n) is 8.77. The Morgan fingerprint density at radius 3 is 0.549 bits per heavy atom. The molecular formula is C54H30F27N. The van der Waals surface area contributed by atoms with E-state index in [2.05, 4.69) is 0 Å². The molecule has 28 heteroatoms. The SMILES string of the molecule is FC(F)(F)C(c1cccc(C=Cc2ccc(N(c3ccc(C=Cc4cccc(C(C(F)(F)F)(C(F)(F)F)C(F)(F)F)c4)cc3)c3ccc(C=Cc4cccc(C(C(F)(F)F)(C(F)(F)F)C(F)(F)F)c4)cc3)cc2)c1)(C(F)(F)F)C(F)(F)F. The molecule has 0 aliphatic rings. The van der Waals surface area contributed by atoms with Crippen molar-refractivity contribution in [2.75, 3.05) is 4.90 Å². The van der Waals surface area contributed by atoms with Crippen LogP contribution in [0.1, 0.15) is 50.1 Å². The zero-order valence-electron chi connectivity index (χ0n) is 40.0. The van der Waals surface area contributed by atoms with E-state index in [1.807, 2.05) is 0 Å². The lowest BCUT2D eigenvalue weighted by Gasteiger charge is -2.39. The van der Waals surface area contributed by atoms with E-state index in [0.717, 1.165) is 54.7 Å². The number of benzene rings is 6. The van der Waals surface area contributed by atoms with Crippen molar-refractivity contribution in [3.05, 3.63) is 196 Å². The third-order valence-electron chi connectivity index (χ3n) is 12.6. The second-order valence-electron chi connectivity index (χ2n) is 17.7. The molecule has 0 aromatic heterocycles. The van der Waals surface area contributed by atoms with Gasteiger partial charge in [-0.2, -0.15) is 119 Å². The number of rotatable bonds is 12. The van der Waals surface area contributed by atoms with Crippen LogP contribution in [0.4, 0.5) is 136 Å². The normalized spacial score (nSPS) is 14.4. The van der Waals surface area contributed by atoms with Crippen LogP contribution in [0.2, 0.25) is 0 Å². The van der Waals surface area contributed by atoms with Crippen LogP contribution in [0.5, 0.6) is 0 Å². The van der Waals surface area contributed by atoms with Gasteiger partial charge in [0.05, 0.1) is 0 Å². The molecule has 440 valence electrons. The molecule has 82 heavy (non-hydrogen) atoms. The van der Waals surface area contributed by atoms with Crippen molar-refractivity contribution >= 4 is 53.5 Å². The Morgan fingerprint density at radius 2 is 0.378 bits per heavy atom. The second kappa shape index (κ2) is 21.6. The zero-order valence-corrected chi connectivity index (χ0v) is 40.0. The summed E-state index contributed by atoms with van der Waals surface area (Å²) in [6.07, 6.45) is -56.3. The molecule has 0 unspecified atom stereocenters. The predicted molar refractivity (Wildman–Crippen MR) is 247 cm³/mol. The van der Waals surface area contributed by atoms with Crippen LogP contribution >= 0.6 is 0 Å². The van der Waals surface area contributed by atoms with Gasteiger partial charge in [-0.15, -0.1) is 0 Å². The van der Waals surface area contributed by atoms with Gasteiger partial charge in [0.25, 0.3) is 16.2 Å². The van der Waals surface area contributed by atoms with E-state index in [9.17, 15) is 119 Å². The average molecular weight is 1210 g/mol. The summed E-state index contributed by atoms with van der Waals surface area (Å²) >= 11 is 0. The molecule has 0 saturated heterocycles. The Balaban J connectivity index is 1.38. The van der Waals surface area contributed by atoms with Crippen LogP contribution in [0.3, 0.4) is 0 Å². The second-order valence-corrected chi connectivity index (χ2v) is 17.7. The summed E-state index contributed by atoms with van der Waals surface area (Å²) in [6, 6.07) is 20.2. The first-order valence-corrected chi connectivity index (χ1v) is 22.4. The lowest BCUT2D eigenvalue weighted by molar-refractivity contribution is -0.389. The van der Waals surface area contributed by atoms with Crippen LogP contribution in [-0.2, 0) is 16.2 Å². The molecule has 0 heterocycles. The first-order chi connectivity index (χ1) is 37.4. The summed E-state index contributed by atoms with van der Waals surface area (Å²) in [6.45, 7) is 0. The van der Waals surface area contributed by atoms with Crippen molar-refractivity contribution in [1.29, 1.82) is 0 Å². The number of anilines is 3. The minimum absolute atomic E-state index is 0.00188. The highest BCUT2D eigenvalue weighted by Crippen LogP contribution is 2.63. The van der Waals surface area contributed by atoms with Crippen LogP contribution in [-0.4, -0.2) is 55.6 Å². The molecule has 0 bridgehead atoms. The Bertz CT molecular complexity index is 2810. The van der Waals surface area contributed by atoms with Gasteiger partial charge in [0, 0.05) is 17.1 Å². The fourth-order valence-corrected chi connectivity index (χ4v) is 8.77. The van der Waals surface area contributed by atoms with E-state index < -0.39 is 105 Å². The number of halogens is 27. The summed E-state index contributed by atoms with van der Waals surface area (Å²) in [4.78, 5) is 1.42. The van der Waals surface area contributed by atoms with Gasteiger partial charge in [-0.05, 0) is 86.5 Å². The molecule has 0 fully saturated rings. The highest BCUT2D eigenvalue weighted by Gasteiger charge is 2.86.